The molecule has 3 heteroatoms. The molecule has 1 aliphatic rings. The number of hydrogen-bond acceptors (Lipinski definition) is 3. The molecule has 3 N–H and O–H groups in total. The van der Waals surface area contributed by atoms with Crippen molar-refractivity contribution in [1.29, 1.82) is 0 Å². The second kappa shape index (κ2) is 5.61. The van der Waals surface area contributed by atoms with Gasteiger partial charge in [-0.05, 0) is 37.3 Å². The summed E-state index contributed by atoms with van der Waals surface area (Å²) in [5.41, 5.74) is 6.51. The molecule has 1 fully saturated rings. The lowest BCUT2D eigenvalue weighted by atomic mass is 9.94. The summed E-state index contributed by atoms with van der Waals surface area (Å²) in [6.45, 7) is 4.19. The fraction of sp³-hybridized carbons (Fsp3) is 0.643. The molecule has 1 heterocycles. The van der Waals surface area contributed by atoms with E-state index < -0.39 is 0 Å². The van der Waals surface area contributed by atoms with Gasteiger partial charge in [-0.15, -0.1) is 0 Å². The van der Waals surface area contributed by atoms with E-state index in [0.717, 1.165) is 18.0 Å². The van der Waals surface area contributed by atoms with Crippen LogP contribution in [0.1, 0.15) is 55.0 Å². The highest BCUT2D eigenvalue weighted by Crippen LogP contribution is 2.32. The fourth-order valence-electron chi connectivity index (χ4n) is 2.93. The van der Waals surface area contributed by atoms with Gasteiger partial charge in [0.25, 0.3) is 0 Å². The topological polar surface area (TPSA) is 50.9 Å². The number of aryl methyl sites for hydroxylation is 2. The second-order valence-corrected chi connectivity index (χ2v) is 5.32. The molecule has 1 aliphatic carbocycles. The van der Waals surface area contributed by atoms with Crippen LogP contribution in [0.4, 0.5) is 0 Å². The Morgan fingerprint density at radius 3 is 2.71 bits per heavy atom. The first-order valence-electron chi connectivity index (χ1n) is 6.60. The van der Waals surface area contributed by atoms with E-state index >= 15 is 0 Å². The van der Waals surface area contributed by atoms with E-state index in [0.29, 0.717) is 0 Å². The quantitative estimate of drug-likeness (QED) is 0.621. The van der Waals surface area contributed by atoms with Gasteiger partial charge < -0.3 is 0 Å². The van der Waals surface area contributed by atoms with Crippen LogP contribution >= 0.6 is 0 Å². The van der Waals surface area contributed by atoms with Crippen molar-refractivity contribution in [3.8, 4) is 0 Å². The van der Waals surface area contributed by atoms with Gasteiger partial charge in [0.15, 0.2) is 0 Å². The molecule has 0 spiro atoms. The summed E-state index contributed by atoms with van der Waals surface area (Å²) < 4.78 is 0. The molecule has 1 atom stereocenters. The van der Waals surface area contributed by atoms with Gasteiger partial charge in [0.05, 0.1) is 11.7 Å². The molecule has 2 rings (SSSR count). The van der Waals surface area contributed by atoms with Crippen molar-refractivity contribution in [1.82, 2.24) is 10.4 Å². The molecule has 94 valence electrons. The molecule has 1 unspecified atom stereocenters. The molecule has 3 nitrogen and oxygen atoms in total. The highest BCUT2D eigenvalue weighted by Gasteiger charge is 2.22. The summed E-state index contributed by atoms with van der Waals surface area (Å²) in [7, 11) is 0. The van der Waals surface area contributed by atoms with Crippen LogP contribution in [-0.4, -0.2) is 4.98 Å². The molecule has 0 bridgehead atoms. The van der Waals surface area contributed by atoms with Crippen LogP contribution in [0.25, 0.3) is 0 Å². The Bertz CT molecular complexity index is 370. The largest absolute Gasteiger partial charge is 0.271 e. The van der Waals surface area contributed by atoms with Crippen molar-refractivity contribution in [2.75, 3.05) is 0 Å². The molecule has 1 aromatic rings. The standard InChI is InChI=1S/C14H23N3/c1-10-7-11(2)14(16-9-10)13(17-15)8-12-5-3-4-6-12/h7,9,12-13,17H,3-6,8,15H2,1-2H3. The minimum atomic E-state index is 0.207. The van der Waals surface area contributed by atoms with Gasteiger partial charge in [0.1, 0.15) is 0 Å². The minimum absolute atomic E-state index is 0.207. The van der Waals surface area contributed by atoms with Crippen LogP contribution in [0.3, 0.4) is 0 Å². The predicted molar refractivity (Wildman–Crippen MR) is 70.4 cm³/mol. The zero-order valence-corrected chi connectivity index (χ0v) is 10.9. The Kier molecular flexibility index (Phi) is 4.13. The molecular formula is C14H23N3. The Labute approximate surface area is 104 Å². The normalized spacial score (nSPS) is 18.5. The zero-order chi connectivity index (χ0) is 12.3. The van der Waals surface area contributed by atoms with Crippen LogP contribution in [-0.2, 0) is 0 Å². The van der Waals surface area contributed by atoms with Crippen LogP contribution in [0.15, 0.2) is 12.3 Å². The Balaban J connectivity index is 2.10. The summed E-state index contributed by atoms with van der Waals surface area (Å²) in [4.78, 5) is 4.55. The zero-order valence-electron chi connectivity index (χ0n) is 10.9. The molecule has 0 saturated heterocycles. The van der Waals surface area contributed by atoms with Crippen LogP contribution in [0.2, 0.25) is 0 Å². The van der Waals surface area contributed by atoms with Gasteiger partial charge in [0.2, 0.25) is 0 Å². The van der Waals surface area contributed by atoms with Crippen molar-refractivity contribution in [3.05, 3.63) is 29.1 Å². The van der Waals surface area contributed by atoms with Crippen molar-refractivity contribution in [2.45, 2.75) is 52.0 Å². The van der Waals surface area contributed by atoms with E-state index in [1.54, 1.807) is 0 Å². The SMILES string of the molecule is Cc1cnc(C(CC2CCCC2)NN)c(C)c1. The van der Waals surface area contributed by atoms with Gasteiger partial charge in [0, 0.05) is 6.20 Å². The first-order valence-corrected chi connectivity index (χ1v) is 6.60. The average Bonchev–Trinajstić information content (AvgIpc) is 2.79. The molecule has 17 heavy (non-hydrogen) atoms. The summed E-state index contributed by atoms with van der Waals surface area (Å²) >= 11 is 0. The molecule has 0 amide bonds. The lowest BCUT2D eigenvalue weighted by Gasteiger charge is -2.21. The predicted octanol–water partition coefficient (Wildman–Crippen LogP) is 2.78. The van der Waals surface area contributed by atoms with E-state index in [9.17, 15) is 0 Å². The number of rotatable bonds is 4. The summed E-state index contributed by atoms with van der Waals surface area (Å²) in [5, 5.41) is 0. The van der Waals surface area contributed by atoms with E-state index in [-0.39, 0.29) is 6.04 Å². The van der Waals surface area contributed by atoms with E-state index in [2.05, 4.69) is 30.3 Å². The maximum Gasteiger partial charge on any atom is 0.0637 e. The summed E-state index contributed by atoms with van der Waals surface area (Å²) in [5.74, 6) is 6.52. The van der Waals surface area contributed by atoms with Crippen molar-refractivity contribution in [2.24, 2.45) is 11.8 Å². The Morgan fingerprint density at radius 1 is 1.41 bits per heavy atom. The van der Waals surface area contributed by atoms with Crippen LogP contribution in [0, 0.1) is 19.8 Å². The number of nitrogens with one attached hydrogen (secondary N) is 1. The number of nitrogens with two attached hydrogens (primary N) is 1. The molecule has 1 saturated carbocycles. The third-order valence-electron chi connectivity index (χ3n) is 3.83. The maximum absolute atomic E-state index is 5.70. The Hall–Kier alpha value is -0.930. The number of nitrogens with zero attached hydrogens (tertiary/aromatic N) is 1. The number of pyridine rings is 1. The molecule has 1 aromatic heterocycles. The van der Waals surface area contributed by atoms with E-state index in [1.165, 1.54) is 36.8 Å². The smallest absolute Gasteiger partial charge is 0.0637 e. The van der Waals surface area contributed by atoms with Crippen LogP contribution in [0.5, 0.6) is 0 Å². The average molecular weight is 233 g/mol. The van der Waals surface area contributed by atoms with E-state index in [1.807, 2.05) is 6.20 Å². The van der Waals surface area contributed by atoms with Gasteiger partial charge in [-0.1, -0.05) is 31.7 Å². The Morgan fingerprint density at radius 2 is 2.12 bits per heavy atom. The molecule has 0 radical (unpaired) electrons. The van der Waals surface area contributed by atoms with Gasteiger partial charge in [-0.3, -0.25) is 16.3 Å². The summed E-state index contributed by atoms with van der Waals surface area (Å²) in [6, 6.07) is 2.39. The molecule has 0 aliphatic heterocycles. The first-order chi connectivity index (χ1) is 8.20. The third-order valence-corrected chi connectivity index (χ3v) is 3.83. The second-order valence-electron chi connectivity index (χ2n) is 5.32. The van der Waals surface area contributed by atoms with Crippen LogP contribution < -0.4 is 11.3 Å². The monoisotopic (exact) mass is 233 g/mol. The molecular weight excluding hydrogens is 210 g/mol. The highest BCUT2D eigenvalue weighted by molar-refractivity contribution is 5.25. The highest BCUT2D eigenvalue weighted by atomic mass is 15.2. The summed E-state index contributed by atoms with van der Waals surface area (Å²) in [6.07, 6.45) is 8.51. The lowest BCUT2D eigenvalue weighted by Crippen LogP contribution is -2.30. The van der Waals surface area contributed by atoms with Gasteiger partial charge in [-0.2, -0.15) is 0 Å². The number of aromatic nitrogens is 1. The van der Waals surface area contributed by atoms with Crippen molar-refractivity contribution in [3.63, 3.8) is 0 Å². The maximum atomic E-state index is 5.70. The van der Waals surface area contributed by atoms with Crippen molar-refractivity contribution >= 4 is 0 Å². The molecule has 0 aromatic carbocycles. The van der Waals surface area contributed by atoms with E-state index in [4.69, 9.17) is 5.84 Å². The lowest BCUT2D eigenvalue weighted by molar-refractivity contribution is 0.393. The third kappa shape index (κ3) is 3.05. The van der Waals surface area contributed by atoms with Crippen molar-refractivity contribution < 1.29 is 0 Å². The number of hydrazine groups is 1. The fourth-order valence-corrected chi connectivity index (χ4v) is 2.93. The first kappa shape index (κ1) is 12.5. The number of hydrogen-bond donors (Lipinski definition) is 2. The minimum Gasteiger partial charge on any atom is -0.271 e. The van der Waals surface area contributed by atoms with Gasteiger partial charge >= 0.3 is 0 Å². The van der Waals surface area contributed by atoms with Gasteiger partial charge in [-0.25, -0.2) is 0 Å².